The van der Waals surface area contributed by atoms with Gasteiger partial charge in [0, 0.05) is 6.42 Å². The van der Waals surface area contributed by atoms with Crippen LogP contribution >= 0.6 is 0 Å². The monoisotopic (exact) mass is 585 g/mol. The lowest BCUT2D eigenvalue weighted by Gasteiger charge is -2.28. The number of hydrogen-bond donors (Lipinski definition) is 8. The van der Waals surface area contributed by atoms with Gasteiger partial charge in [0.15, 0.2) is 0 Å². The predicted octanol–water partition coefficient (Wildman–Crippen LogP) is 0.924. The average Bonchev–Trinajstić information content (AvgIpc) is 2.96. The van der Waals surface area contributed by atoms with E-state index in [0.29, 0.717) is 36.9 Å². The van der Waals surface area contributed by atoms with E-state index in [-0.39, 0.29) is 36.7 Å². The Balaban J connectivity index is 2.23. The van der Waals surface area contributed by atoms with Gasteiger partial charge in [-0.1, -0.05) is 44.5 Å². The van der Waals surface area contributed by atoms with Crippen LogP contribution in [-0.4, -0.2) is 69.7 Å². The molecule has 0 saturated carbocycles. The fourth-order valence-corrected chi connectivity index (χ4v) is 4.30. The molecule has 10 N–H and O–H groups in total. The van der Waals surface area contributed by atoms with Gasteiger partial charge in [-0.05, 0) is 73.5 Å². The first kappa shape index (κ1) is 34.0. The topological polar surface area (TPSA) is 217 Å². The van der Waals surface area contributed by atoms with Gasteiger partial charge < -0.3 is 42.7 Å². The number of carboxylic acid groups (broad SMARTS) is 1. The number of phenolic OH excluding ortho intramolecular Hbond substituents is 2. The van der Waals surface area contributed by atoms with Crippen LogP contribution < -0.4 is 27.4 Å². The van der Waals surface area contributed by atoms with Gasteiger partial charge in [0.25, 0.3) is 0 Å². The number of phenols is 2. The van der Waals surface area contributed by atoms with Crippen LogP contribution in [0.3, 0.4) is 0 Å². The zero-order valence-electron chi connectivity index (χ0n) is 24.1. The fourth-order valence-electron chi connectivity index (χ4n) is 4.30. The van der Waals surface area contributed by atoms with E-state index in [1.54, 1.807) is 31.2 Å². The van der Waals surface area contributed by atoms with E-state index in [9.17, 15) is 34.5 Å². The largest absolute Gasteiger partial charge is 0.508 e. The molecule has 0 spiro atoms. The van der Waals surface area contributed by atoms with Crippen LogP contribution in [0, 0.1) is 5.92 Å². The normalized spacial score (nSPS) is 14.6. The molecule has 0 aromatic heterocycles. The minimum atomic E-state index is -1.19. The minimum Gasteiger partial charge on any atom is -0.508 e. The van der Waals surface area contributed by atoms with Crippen LogP contribution in [0.5, 0.6) is 11.5 Å². The van der Waals surface area contributed by atoms with Crippen molar-refractivity contribution in [2.45, 2.75) is 76.5 Å². The van der Waals surface area contributed by atoms with Crippen molar-refractivity contribution in [2.24, 2.45) is 17.4 Å². The molecule has 5 atom stereocenters. The van der Waals surface area contributed by atoms with Gasteiger partial charge in [-0.15, -0.1) is 0 Å². The van der Waals surface area contributed by atoms with Crippen LogP contribution in [0.15, 0.2) is 48.5 Å². The zero-order chi connectivity index (χ0) is 31.2. The molecule has 0 saturated heterocycles. The average molecular weight is 586 g/mol. The molecule has 2 rings (SSSR count). The predicted molar refractivity (Wildman–Crippen MR) is 157 cm³/mol. The van der Waals surface area contributed by atoms with E-state index in [1.807, 2.05) is 6.92 Å². The molecule has 2 aromatic carbocycles. The third kappa shape index (κ3) is 11.0. The maximum absolute atomic E-state index is 13.6. The Kier molecular flexibility index (Phi) is 13.7. The van der Waals surface area contributed by atoms with Gasteiger partial charge in [0.05, 0.1) is 6.04 Å². The first-order valence-corrected chi connectivity index (χ1v) is 14.1. The SMILES string of the molecule is CCC(C)C(NC(=O)C(Cc1ccc(O)cc1)NC(=O)C(N)Cc1ccc(O)cc1)C(=O)NC(CCCCN)C(=O)O. The van der Waals surface area contributed by atoms with Gasteiger partial charge >= 0.3 is 5.97 Å². The van der Waals surface area contributed by atoms with Gasteiger partial charge in [0.1, 0.15) is 29.6 Å². The van der Waals surface area contributed by atoms with E-state index < -0.39 is 47.9 Å². The summed E-state index contributed by atoms with van der Waals surface area (Å²) >= 11 is 0. The maximum atomic E-state index is 13.6. The summed E-state index contributed by atoms with van der Waals surface area (Å²) < 4.78 is 0. The first-order chi connectivity index (χ1) is 19.9. The smallest absolute Gasteiger partial charge is 0.326 e. The standard InChI is InChI=1S/C30H43N5O7/c1-3-18(2)26(29(40)33-24(30(41)42)6-4-5-15-31)35-28(39)25(17-20-9-13-22(37)14-10-20)34-27(38)23(32)16-19-7-11-21(36)12-8-19/h7-14,18,23-26,36-37H,3-6,15-17,31-32H2,1-2H3,(H,33,40)(H,34,38)(H,35,39)(H,41,42). The number of benzene rings is 2. The van der Waals surface area contributed by atoms with E-state index >= 15 is 0 Å². The molecule has 2 aromatic rings. The lowest BCUT2D eigenvalue weighted by atomic mass is 9.96. The lowest BCUT2D eigenvalue weighted by Crippen LogP contribution is -2.59. The number of hydrogen-bond acceptors (Lipinski definition) is 8. The van der Waals surface area contributed by atoms with Crippen molar-refractivity contribution in [3.63, 3.8) is 0 Å². The first-order valence-electron chi connectivity index (χ1n) is 14.1. The van der Waals surface area contributed by atoms with E-state index in [1.165, 1.54) is 24.3 Å². The number of rotatable bonds is 17. The number of carbonyl (C=O) groups is 4. The van der Waals surface area contributed by atoms with Crippen molar-refractivity contribution in [3.8, 4) is 11.5 Å². The van der Waals surface area contributed by atoms with Crippen molar-refractivity contribution in [1.82, 2.24) is 16.0 Å². The highest BCUT2D eigenvalue weighted by molar-refractivity contribution is 5.94. The quantitative estimate of drug-likeness (QED) is 0.124. The number of nitrogens with one attached hydrogen (secondary N) is 3. The third-order valence-corrected chi connectivity index (χ3v) is 7.09. The summed E-state index contributed by atoms with van der Waals surface area (Å²) in [7, 11) is 0. The Labute approximate surface area is 245 Å². The molecule has 230 valence electrons. The summed E-state index contributed by atoms with van der Waals surface area (Å²) in [6.07, 6.45) is 2.01. The van der Waals surface area contributed by atoms with Crippen LogP contribution in [-0.2, 0) is 32.0 Å². The molecule has 0 radical (unpaired) electrons. The Morgan fingerprint density at radius 2 is 1.29 bits per heavy atom. The van der Waals surface area contributed by atoms with E-state index in [4.69, 9.17) is 11.5 Å². The Morgan fingerprint density at radius 3 is 1.79 bits per heavy atom. The highest BCUT2D eigenvalue weighted by Crippen LogP contribution is 2.15. The molecule has 0 heterocycles. The molecule has 0 aliphatic heterocycles. The fraction of sp³-hybridized carbons (Fsp3) is 0.467. The molecule has 5 unspecified atom stereocenters. The van der Waals surface area contributed by atoms with E-state index in [2.05, 4.69) is 16.0 Å². The minimum absolute atomic E-state index is 0.0349. The Hall–Kier alpha value is -4.16. The summed E-state index contributed by atoms with van der Waals surface area (Å²) in [6.45, 7) is 4.00. The van der Waals surface area contributed by atoms with E-state index in [0.717, 1.165) is 0 Å². The van der Waals surface area contributed by atoms with Crippen LogP contribution in [0.1, 0.15) is 50.7 Å². The second kappa shape index (κ2) is 16.9. The molecule has 42 heavy (non-hydrogen) atoms. The number of unbranched alkanes of at least 4 members (excludes halogenated alkanes) is 1. The summed E-state index contributed by atoms with van der Waals surface area (Å²) in [5.74, 6) is -3.32. The molecule has 0 aliphatic rings. The van der Waals surface area contributed by atoms with Crippen LogP contribution in [0.25, 0.3) is 0 Å². The highest BCUT2D eigenvalue weighted by Gasteiger charge is 2.33. The second-order valence-corrected chi connectivity index (χ2v) is 10.5. The number of amides is 3. The molecule has 0 bridgehead atoms. The van der Waals surface area contributed by atoms with Gasteiger partial charge in [-0.2, -0.15) is 0 Å². The molecule has 0 fully saturated rings. The maximum Gasteiger partial charge on any atom is 0.326 e. The molecule has 0 aliphatic carbocycles. The summed E-state index contributed by atoms with van der Waals surface area (Å²) in [6, 6.07) is 8.01. The molecular formula is C30H43N5O7. The number of aromatic hydroxyl groups is 2. The number of carboxylic acids is 1. The number of nitrogens with two attached hydrogens (primary N) is 2. The van der Waals surface area contributed by atoms with Crippen molar-refractivity contribution in [3.05, 3.63) is 59.7 Å². The van der Waals surface area contributed by atoms with Crippen molar-refractivity contribution in [2.75, 3.05) is 6.54 Å². The lowest BCUT2D eigenvalue weighted by molar-refractivity contribution is -0.143. The van der Waals surface area contributed by atoms with Crippen molar-refractivity contribution < 1.29 is 34.5 Å². The molecule has 3 amide bonds. The number of carbonyl (C=O) groups excluding carboxylic acids is 3. The van der Waals surface area contributed by atoms with Gasteiger partial charge in [0.2, 0.25) is 17.7 Å². The Bertz CT molecular complexity index is 1170. The summed E-state index contributed by atoms with van der Waals surface area (Å²) in [4.78, 5) is 51.6. The van der Waals surface area contributed by atoms with Crippen LogP contribution in [0.4, 0.5) is 0 Å². The van der Waals surface area contributed by atoms with Gasteiger partial charge in [-0.3, -0.25) is 14.4 Å². The zero-order valence-corrected chi connectivity index (χ0v) is 24.1. The molecular weight excluding hydrogens is 542 g/mol. The van der Waals surface area contributed by atoms with Crippen molar-refractivity contribution >= 4 is 23.7 Å². The molecule has 12 heteroatoms. The van der Waals surface area contributed by atoms with Crippen molar-refractivity contribution in [1.29, 1.82) is 0 Å². The highest BCUT2D eigenvalue weighted by atomic mass is 16.4. The second-order valence-electron chi connectivity index (χ2n) is 10.5. The van der Waals surface area contributed by atoms with Crippen LogP contribution in [0.2, 0.25) is 0 Å². The third-order valence-electron chi connectivity index (χ3n) is 7.09. The molecule has 12 nitrogen and oxygen atoms in total. The number of aliphatic carboxylic acids is 1. The summed E-state index contributed by atoms with van der Waals surface area (Å²) in [5.41, 5.74) is 13.0. The van der Waals surface area contributed by atoms with Gasteiger partial charge in [-0.25, -0.2) is 4.79 Å². The Morgan fingerprint density at radius 1 is 0.762 bits per heavy atom. The summed E-state index contributed by atoms with van der Waals surface area (Å²) in [5, 5.41) is 36.7.